The number of aromatic nitrogens is 1. The zero-order chi connectivity index (χ0) is 18.7. The molecular weight excluding hydrogens is 374 g/mol. The molecule has 0 atom stereocenters. The molecule has 1 aromatic heterocycles. The fourth-order valence-electron chi connectivity index (χ4n) is 2.50. The minimum absolute atomic E-state index is 0.145. The number of halogens is 1. The Bertz CT molecular complexity index is 1080. The maximum atomic E-state index is 12.6. The molecule has 3 aromatic rings. The molecule has 0 aliphatic carbocycles. The Balaban J connectivity index is 1.78. The van der Waals surface area contributed by atoms with Gasteiger partial charge >= 0.3 is 0 Å². The van der Waals surface area contributed by atoms with Gasteiger partial charge < -0.3 is 5.73 Å². The highest BCUT2D eigenvalue weighted by molar-refractivity contribution is 7.91. The first-order valence-corrected chi connectivity index (χ1v) is 9.76. The van der Waals surface area contributed by atoms with Gasteiger partial charge in [0.15, 0.2) is 9.84 Å². The van der Waals surface area contributed by atoms with Crippen LogP contribution in [0.2, 0.25) is 5.02 Å². The zero-order valence-corrected chi connectivity index (χ0v) is 15.2. The molecule has 26 heavy (non-hydrogen) atoms. The summed E-state index contributed by atoms with van der Waals surface area (Å²) in [4.78, 5) is 15.5. The minimum atomic E-state index is -3.55. The zero-order valence-electron chi connectivity index (χ0n) is 13.6. The Labute approximate surface area is 155 Å². The third-order valence-corrected chi connectivity index (χ3v) is 5.60. The third-order valence-electron chi connectivity index (χ3n) is 3.81. The van der Waals surface area contributed by atoms with E-state index in [1.807, 2.05) is 6.07 Å². The predicted molar refractivity (Wildman–Crippen MR) is 101 cm³/mol. The molecule has 0 unspecified atom stereocenters. The van der Waals surface area contributed by atoms with Crippen LogP contribution in [0.3, 0.4) is 0 Å². The van der Waals surface area contributed by atoms with Crippen molar-refractivity contribution in [2.45, 2.75) is 11.4 Å². The standard InChI is InChI=1S/C18H16ClN3O3S/c19-15-3-1-2-12(6-15)9-21-11-26(24,25)16-4-5-17-13(8-16)7-14(10-22-17)18(20)23/h1-8,10,21H,9,11H2,(H2,20,23). The van der Waals surface area contributed by atoms with Crippen molar-refractivity contribution in [1.29, 1.82) is 0 Å². The molecule has 1 heterocycles. The van der Waals surface area contributed by atoms with Crippen molar-refractivity contribution in [3.05, 3.63) is 70.9 Å². The maximum Gasteiger partial charge on any atom is 0.250 e. The Morgan fingerprint density at radius 3 is 2.69 bits per heavy atom. The highest BCUT2D eigenvalue weighted by Crippen LogP contribution is 2.19. The van der Waals surface area contributed by atoms with Gasteiger partial charge in [-0.3, -0.25) is 15.1 Å². The van der Waals surface area contributed by atoms with Gasteiger partial charge in [0, 0.05) is 23.2 Å². The van der Waals surface area contributed by atoms with Gasteiger partial charge in [0.1, 0.15) is 5.88 Å². The number of sulfone groups is 1. The molecule has 0 fully saturated rings. The van der Waals surface area contributed by atoms with Crippen molar-refractivity contribution in [3.63, 3.8) is 0 Å². The van der Waals surface area contributed by atoms with E-state index >= 15 is 0 Å². The normalized spacial score (nSPS) is 11.6. The lowest BCUT2D eigenvalue weighted by atomic mass is 10.1. The van der Waals surface area contributed by atoms with E-state index in [1.54, 1.807) is 24.3 Å². The van der Waals surface area contributed by atoms with E-state index in [2.05, 4.69) is 10.3 Å². The molecule has 0 aliphatic heterocycles. The minimum Gasteiger partial charge on any atom is -0.366 e. The van der Waals surface area contributed by atoms with Crippen LogP contribution in [0.15, 0.2) is 59.6 Å². The van der Waals surface area contributed by atoms with Gasteiger partial charge in [0.2, 0.25) is 5.91 Å². The van der Waals surface area contributed by atoms with E-state index in [0.717, 1.165) is 5.56 Å². The number of pyridine rings is 1. The van der Waals surface area contributed by atoms with Crippen LogP contribution in [0, 0.1) is 0 Å². The summed E-state index contributed by atoms with van der Waals surface area (Å²) in [5, 5.41) is 4.04. The maximum absolute atomic E-state index is 12.6. The molecule has 0 saturated heterocycles. The second-order valence-electron chi connectivity index (χ2n) is 5.76. The van der Waals surface area contributed by atoms with E-state index in [1.165, 1.54) is 24.4 Å². The Kier molecular flexibility index (Phi) is 5.22. The molecule has 1 amide bonds. The van der Waals surface area contributed by atoms with Crippen LogP contribution in [0.1, 0.15) is 15.9 Å². The monoisotopic (exact) mass is 389 g/mol. The van der Waals surface area contributed by atoms with E-state index in [4.69, 9.17) is 17.3 Å². The van der Waals surface area contributed by atoms with E-state index < -0.39 is 15.7 Å². The number of nitrogens with two attached hydrogens (primary N) is 1. The summed E-state index contributed by atoms with van der Waals surface area (Å²) in [6.07, 6.45) is 1.37. The lowest BCUT2D eigenvalue weighted by Gasteiger charge is -2.08. The summed E-state index contributed by atoms with van der Waals surface area (Å²) in [5.41, 5.74) is 6.95. The summed E-state index contributed by atoms with van der Waals surface area (Å²) in [7, 11) is -3.55. The number of hydrogen-bond acceptors (Lipinski definition) is 5. The molecule has 0 bridgehead atoms. The largest absolute Gasteiger partial charge is 0.366 e. The quantitative estimate of drug-likeness (QED) is 0.674. The second kappa shape index (κ2) is 7.41. The molecular formula is C18H16ClN3O3S. The Morgan fingerprint density at radius 2 is 1.96 bits per heavy atom. The number of primary amides is 1. The summed E-state index contributed by atoms with van der Waals surface area (Å²) < 4.78 is 25.1. The van der Waals surface area contributed by atoms with Gasteiger partial charge in [-0.15, -0.1) is 0 Å². The van der Waals surface area contributed by atoms with Crippen LogP contribution < -0.4 is 11.1 Å². The number of benzene rings is 2. The van der Waals surface area contributed by atoms with Gasteiger partial charge in [-0.25, -0.2) is 8.42 Å². The molecule has 2 aromatic carbocycles. The van der Waals surface area contributed by atoms with Crippen LogP contribution in [0.25, 0.3) is 10.9 Å². The smallest absolute Gasteiger partial charge is 0.250 e. The molecule has 0 saturated carbocycles. The van der Waals surface area contributed by atoms with E-state index in [-0.39, 0.29) is 16.3 Å². The van der Waals surface area contributed by atoms with Crippen LogP contribution >= 0.6 is 11.6 Å². The van der Waals surface area contributed by atoms with Crippen molar-refractivity contribution in [2.75, 3.05) is 5.88 Å². The lowest BCUT2D eigenvalue weighted by Crippen LogP contribution is -2.23. The second-order valence-corrected chi connectivity index (χ2v) is 8.18. The summed E-state index contributed by atoms with van der Waals surface area (Å²) in [6.45, 7) is 0.376. The number of carbonyl (C=O) groups is 1. The third kappa shape index (κ3) is 4.19. The lowest BCUT2D eigenvalue weighted by molar-refractivity contribution is 0.1000. The SMILES string of the molecule is NC(=O)c1cnc2ccc(S(=O)(=O)CNCc3cccc(Cl)c3)cc2c1. The van der Waals surface area contributed by atoms with Crippen molar-refractivity contribution in [1.82, 2.24) is 10.3 Å². The fraction of sp³-hybridized carbons (Fsp3) is 0.111. The van der Waals surface area contributed by atoms with Crippen LogP contribution in [0.4, 0.5) is 0 Å². The number of nitrogens with zero attached hydrogens (tertiary/aromatic N) is 1. The van der Waals surface area contributed by atoms with Gasteiger partial charge in [0.25, 0.3) is 0 Å². The fourth-order valence-corrected chi connectivity index (χ4v) is 3.83. The van der Waals surface area contributed by atoms with Crippen LogP contribution in [0.5, 0.6) is 0 Å². The summed E-state index contributed by atoms with van der Waals surface area (Å²) in [6, 6.07) is 13.3. The van der Waals surface area contributed by atoms with Gasteiger partial charge in [-0.1, -0.05) is 23.7 Å². The summed E-state index contributed by atoms with van der Waals surface area (Å²) >= 11 is 5.92. The number of fused-ring (bicyclic) bond motifs is 1. The topological polar surface area (TPSA) is 102 Å². The Morgan fingerprint density at radius 1 is 1.15 bits per heavy atom. The van der Waals surface area contributed by atoms with Crippen molar-refractivity contribution in [2.24, 2.45) is 5.73 Å². The average molecular weight is 390 g/mol. The molecule has 6 nitrogen and oxygen atoms in total. The molecule has 3 rings (SSSR count). The number of nitrogens with one attached hydrogen (secondary N) is 1. The Hall–Kier alpha value is -2.48. The molecule has 8 heteroatoms. The molecule has 3 N–H and O–H groups in total. The van der Waals surface area contributed by atoms with Crippen LogP contribution in [-0.4, -0.2) is 25.2 Å². The first-order valence-electron chi connectivity index (χ1n) is 7.73. The number of hydrogen-bond donors (Lipinski definition) is 2. The number of rotatable bonds is 6. The van der Waals surface area contributed by atoms with Crippen molar-refractivity contribution in [3.8, 4) is 0 Å². The molecule has 0 radical (unpaired) electrons. The van der Waals surface area contributed by atoms with E-state index in [0.29, 0.717) is 22.5 Å². The first kappa shape index (κ1) is 18.3. The molecule has 134 valence electrons. The average Bonchev–Trinajstić information content (AvgIpc) is 2.60. The van der Waals surface area contributed by atoms with Gasteiger partial charge in [0.05, 0.1) is 16.0 Å². The predicted octanol–water partition coefficient (Wildman–Crippen LogP) is 2.51. The summed E-state index contributed by atoms with van der Waals surface area (Å²) in [5.74, 6) is -0.843. The van der Waals surface area contributed by atoms with Crippen molar-refractivity contribution < 1.29 is 13.2 Å². The highest BCUT2D eigenvalue weighted by atomic mass is 35.5. The molecule has 0 spiro atoms. The number of amides is 1. The van der Waals surface area contributed by atoms with Gasteiger partial charge in [-0.05, 0) is 42.0 Å². The highest BCUT2D eigenvalue weighted by Gasteiger charge is 2.15. The van der Waals surface area contributed by atoms with Gasteiger partial charge in [-0.2, -0.15) is 0 Å². The van der Waals surface area contributed by atoms with E-state index in [9.17, 15) is 13.2 Å². The van der Waals surface area contributed by atoms with Crippen molar-refractivity contribution >= 4 is 38.2 Å². The van der Waals surface area contributed by atoms with Crippen LogP contribution in [-0.2, 0) is 16.4 Å². The number of carbonyl (C=O) groups excluding carboxylic acids is 1. The first-order chi connectivity index (χ1) is 12.3. The molecule has 0 aliphatic rings.